The molecule has 0 radical (unpaired) electrons. The van der Waals surface area contributed by atoms with Crippen molar-refractivity contribution in [3.8, 4) is 0 Å². The summed E-state index contributed by atoms with van der Waals surface area (Å²) >= 11 is 0. The minimum atomic E-state index is -1.66. The van der Waals surface area contributed by atoms with Crippen molar-refractivity contribution < 1.29 is 19.1 Å². The zero-order chi connectivity index (χ0) is 12.1. The smallest absolute Gasteiger partial charge is 0.486 e. The van der Waals surface area contributed by atoms with E-state index in [4.69, 9.17) is 9.68 Å². The molecule has 0 saturated heterocycles. The Labute approximate surface area is 97.8 Å². The van der Waals surface area contributed by atoms with Crippen molar-refractivity contribution in [1.29, 1.82) is 0 Å². The molecule has 17 heavy (non-hydrogen) atoms. The lowest BCUT2D eigenvalue weighted by molar-refractivity contribution is -0.123. The molecule has 1 heterocycles. The summed E-state index contributed by atoms with van der Waals surface area (Å²) in [4.78, 5) is 14.0. The Bertz CT molecular complexity index is 475. The van der Waals surface area contributed by atoms with Crippen molar-refractivity contribution in [2.24, 2.45) is 4.99 Å². The maximum absolute atomic E-state index is 9.99. The molecule has 1 aliphatic rings. The highest BCUT2D eigenvalue weighted by Crippen LogP contribution is 2.18. The van der Waals surface area contributed by atoms with Gasteiger partial charge < -0.3 is 19.6 Å². The molecule has 0 aromatic heterocycles. The number of nitrogens with zero attached hydrogens (tertiary/aromatic N) is 1. The Kier molecular flexibility index (Phi) is 3.41. The van der Waals surface area contributed by atoms with E-state index in [1.807, 2.05) is 24.3 Å². The highest BCUT2D eigenvalue weighted by molar-refractivity contribution is 6.36. The average molecular weight is 232 g/mol. The van der Waals surface area contributed by atoms with Crippen LogP contribution < -0.4 is 5.32 Å². The molecule has 0 fully saturated rings. The molecule has 86 valence electrons. The summed E-state index contributed by atoms with van der Waals surface area (Å²) < 4.78 is 9.10. The fourth-order valence-electron chi connectivity index (χ4n) is 1.32. The Balaban J connectivity index is 2.10. The van der Waals surface area contributed by atoms with Crippen LogP contribution in [0, 0.1) is 0 Å². The molecule has 0 aliphatic carbocycles. The van der Waals surface area contributed by atoms with Gasteiger partial charge in [0.1, 0.15) is 0 Å². The first-order valence-electron chi connectivity index (χ1n) is 4.83. The zero-order valence-electron chi connectivity index (χ0n) is 8.74. The van der Waals surface area contributed by atoms with Gasteiger partial charge in [-0.05, 0) is 6.07 Å². The van der Waals surface area contributed by atoms with Crippen molar-refractivity contribution >= 4 is 25.7 Å². The minimum absolute atomic E-state index is 0.0964. The van der Waals surface area contributed by atoms with Crippen LogP contribution in [0.2, 0.25) is 0 Å². The van der Waals surface area contributed by atoms with Crippen LogP contribution in [0.15, 0.2) is 41.3 Å². The number of hydrogen-bond acceptors (Lipinski definition) is 6. The van der Waals surface area contributed by atoms with Crippen molar-refractivity contribution in [3.63, 3.8) is 0 Å². The van der Waals surface area contributed by atoms with Gasteiger partial charge in [-0.2, -0.15) is 0 Å². The molecule has 0 unspecified atom stereocenters. The lowest BCUT2D eigenvalue weighted by Crippen LogP contribution is -2.23. The van der Waals surface area contributed by atoms with Gasteiger partial charge in [0, 0.05) is 17.5 Å². The molecule has 0 amide bonds. The number of carbonyl (C=O) groups is 1. The number of para-hydroxylation sites is 1. The van der Waals surface area contributed by atoms with Gasteiger partial charge in [0.25, 0.3) is 6.47 Å². The molecular weight excluding hydrogens is 223 g/mol. The zero-order valence-corrected chi connectivity index (χ0v) is 8.74. The van der Waals surface area contributed by atoms with Gasteiger partial charge >= 0.3 is 7.32 Å². The first-order chi connectivity index (χ1) is 8.29. The van der Waals surface area contributed by atoms with Gasteiger partial charge in [-0.3, -0.25) is 9.79 Å². The molecule has 1 aromatic rings. The quantitative estimate of drug-likeness (QED) is 0.583. The summed E-state index contributed by atoms with van der Waals surface area (Å²) in [7, 11) is -1.66. The molecule has 7 heteroatoms. The van der Waals surface area contributed by atoms with Crippen LogP contribution in [0.5, 0.6) is 0 Å². The normalized spacial score (nSPS) is 12.6. The molecule has 0 bridgehead atoms. The number of rotatable bonds is 4. The Morgan fingerprint density at radius 2 is 2.24 bits per heavy atom. The molecule has 0 spiro atoms. The van der Waals surface area contributed by atoms with Crippen LogP contribution in [-0.2, 0) is 14.1 Å². The predicted molar refractivity (Wildman–Crippen MR) is 61.9 cm³/mol. The van der Waals surface area contributed by atoms with Gasteiger partial charge in [0.05, 0.1) is 6.20 Å². The number of carbonyl (C=O) groups excluding carboxylic acids is 1. The highest BCUT2D eigenvalue weighted by atomic mass is 16.7. The van der Waals surface area contributed by atoms with E-state index in [2.05, 4.69) is 15.0 Å². The lowest BCUT2D eigenvalue weighted by atomic mass is 10.2. The van der Waals surface area contributed by atoms with E-state index in [-0.39, 0.29) is 12.4 Å². The first-order valence-corrected chi connectivity index (χ1v) is 4.83. The molecule has 2 rings (SSSR count). The average Bonchev–Trinajstić information content (AvgIpc) is 2.50. The maximum atomic E-state index is 9.99. The van der Waals surface area contributed by atoms with Crippen LogP contribution >= 0.6 is 0 Å². The summed E-state index contributed by atoms with van der Waals surface area (Å²) in [5, 5.41) is 12.0. The molecule has 0 atom stereocenters. The molecule has 6 nitrogen and oxygen atoms in total. The largest absolute Gasteiger partial charge is 0.788 e. The summed E-state index contributed by atoms with van der Waals surface area (Å²) in [5.74, 6) is 0.181. The Hall–Kier alpha value is -2.28. The summed E-state index contributed by atoms with van der Waals surface area (Å²) in [5.41, 5.74) is 1.66. The minimum Gasteiger partial charge on any atom is -0.486 e. The molecule has 0 saturated carbocycles. The second-order valence-electron chi connectivity index (χ2n) is 3.14. The van der Waals surface area contributed by atoms with Crippen molar-refractivity contribution in [2.75, 3.05) is 5.32 Å². The topological polar surface area (TPSA) is 80.2 Å². The van der Waals surface area contributed by atoms with Gasteiger partial charge in [0.15, 0.2) is 5.88 Å². The monoisotopic (exact) mass is 232 g/mol. The van der Waals surface area contributed by atoms with Crippen LogP contribution in [-0.4, -0.2) is 25.0 Å². The van der Waals surface area contributed by atoms with Gasteiger partial charge in [-0.1, -0.05) is 18.2 Å². The number of nitrogens with one attached hydrogen (secondary N) is 1. The third-order valence-corrected chi connectivity index (χ3v) is 2.02. The summed E-state index contributed by atoms with van der Waals surface area (Å²) in [6.45, 7) is 0.0964. The van der Waals surface area contributed by atoms with E-state index >= 15 is 0 Å². The Morgan fingerprint density at radius 3 is 3.06 bits per heavy atom. The SMILES string of the molecule is O=COB(O)OC1=CN=Cc2ccccc2N1. The molecule has 1 aromatic carbocycles. The van der Waals surface area contributed by atoms with E-state index in [1.165, 1.54) is 6.20 Å². The van der Waals surface area contributed by atoms with E-state index < -0.39 is 7.32 Å². The van der Waals surface area contributed by atoms with E-state index in [9.17, 15) is 4.79 Å². The number of aliphatic imine (C=N–C) groups is 1. The molecule has 1 aliphatic heterocycles. The predicted octanol–water partition coefficient (Wildman–Crippen LogP) is 0.497. The van der Waals surface area contributed by atoms with Crippen LogP contribution in [0.1, 0.15) is 5.56 Å². The first kappa shape index (κ1) is 11.2. The lowest BCUT2D eigenvalue weighted by Gasteiger charge is -2.12. The van der Waals surface area contributed by atoms with E-state index in [0.717, 1.165) is 11.3 Å². The highest BCUT2D eigenvalue weighted by Gasteiger charge is 2.22. The molecular formula is C10H9BN2O4. The second kappa shape index (κ2) is 5.17. The third kappa shape index (κ3) is 2.85. The number of anilines is 1. The molecule has 2 N–H and O–H groups in total. The maximum Gasteiger partial charge on any atom is 0.788 e. The van der Waals surface area contributed by atoms with Crippen molar-refractivity contribution in [1.82, 2.24) is 0 Å². The van der Waals surface area contributed by atoms with Crippen LogP contribution in [0.3, 0.4) is 0 Å². The fourth-order valence-corrected chi connectivity index (χ4v) is 1.32. The number of fused-ring (bicyclic) bond motifs is 1. The van der Waals surface area contributed by atoms with E-state index in [0.29, 0.717) is 0 Å². The number of hydrogen-bond donors (Lipinski definition) is 2. The van der Waals surface area contributed by atoms with Crippen molar-refractivity contribution in [3.05, 3.63) is 41.9 Å². The Morgan fingerprint density at radius 1 is 1.41 bits per heavy atom. The number of benzene rings is 1. The summed E-state index contributed by atoms with van der Waals surface area (Å²) in [6.07, 6.45) is 3.02. The van der Waals surface area contributed by atoms with E-state index in [1.54, 1.807) is 6.21 Å². The van der Waals surface area contributed by atoms with Crippen LogP contribution in [0.25, 0.3) is 0 Å². The van der Waals surface area contributed by atoms with Crippen molar-refractivity contribution in [2.45, 2.75) is 0 Å². The van der Waals surface area contributed by atoms with Gasteiger partial charge in [0.2, 0.25) is 0 Å². The third-order valence-electron chi connectivity index (χ3n) is 2.02. The fraction of sp³-hybridized carbons (Fsp3) is 0. The standard InChI is InChI=1S/C10H9BN2O4/c14-7-16-11(15)17-10-6-12-5-8-3-1-2-4-9(8)13-10/h1-7,13,15H. The van der Waals surface area contributed by atoms with Crippen LogP contribution in [0.4, 0.5) is 5.69 Å². The summed E-state index contributed by atoms with van der Waals surface area (Å²) in [6, 6.07) is 7.43. The second-order valence-corrected chi connectivity index (χ2v) is 3.14. The van der Waals surface area contributed by atoms with Gasteiger partial charge in [-0.15, -0.1) is 0 Å². The van der Waals surface area contributed by atoms with Gasteiger partial charge in [-0.25, -0.2) is 0 Å².